The van der Waals surface area contributed by atoms with Crippen molar-refractivity contribution < 1.29 is 23.7 Å². The predicted octanol–water partition coefficient (Wildman–Crippen LogP) is 4.01. The van der Waals surface area contributed by atoms with Gasteiger partial charge in [0, 0.05) is 42.3 Å². The van der Waals surface area contributed by atoms with Crippen LogP contribution < -0.4 is 14.9 Å². The second-order valence-electron chi connectivity index (χ2n) is 9.12. The maximum atomic E-state index is 13.0. The molecular formula is C28H32N2O6S. The number of hydrogen-bond donors (Lipinski definition) is 0. The summed E-state index contributed by atoms with van der Waals surface area (Å²) in [7, 11) is 1.62. The SMILES string of the molecule is CCOC(=O)c1cn2c(cc1=O)-c1cc(OC)c(OCCCN3CCOCC3)cc1CC2c1cccs1. The Kier molecular flexibility index (Phi) is 7.93. The Morgan fingerprint density at radius 1 is 1.19 bits per heavy atom. The van der Waals surface area contributed by atoms with Crippen molar-refractivity contribution in [2.24, 2.45) is 0 Å². The lowest BCUT2D eigenvalue weighted by atomic mass is 9.91. The molecule has 4 heterocycles. The second kappa shape index (κ2) is 11.5. The first kappa shape index (κ1) is 25.5. The van der Waals surface area contributed by atoms with Crippen molar-refractivity contribution in [3.8, 4) is 22.8 Å². The van der Waals surface area contributed by atoms with Crippen LogP contribution in [0.15, 0.2) is 46.7 Å². The highest BCUT2D eigenvalue weighted by atomic mass is 32.1. The first-order valence-corrected chi connectivity index (χ1v) is 13.6. The predicted molar refractivity (Wildman–Crippen MR) is 142 cm³/mol. The van der Waals surface area contributed by atoms with Crippen molar-refractivity contribution in [2.75, 3.05) is 53.2 Å². The van der Waals surface area contributed by atoms with Gasteiger partial charge in [-0.15, -0.1) is 11.3 Å². The Bertz CT molecular complexity index is 1300. The average Bonchev–Trinajstić information content (AvgIpc) is 3.45. The van der Waals surface area contributed by atoms with E-state index in [1.165, 1.54) is 6.07 Å². The lowest BCUT2D eigenvalue weighted by molar-refractivity contribution is 0.0357. The van der Waals surface area contributed by atoms with Gasteiger partial charge < -0.3 is 23.5 Å². The molecule has 0 saturated carbocycles. The highest BCUT2D eigenvalue weighted by molar-refractivity contribution is 7.10. The van der Waals surface area contributed by atoms with Gasteiger partial charge in [0.2, 0.25) is 0 Å². The van der Waals surface area contributed by atoms with Crippen molar-refractivity contribution >= 4 is 17.3 Å². The van der Waals surface area contributed by atoms with Gasteiger partial charge in [-0.3, -0.25) is 9.69 Å². The summed E-state index contributed by atoms with van der Waals surface area (Å²) in [6.07, 6.45) is 3.25. The second-order valence-corrected chi connectivity index (χ2v) is 10.1. The molecule has 2 aliphatic heterocycles. The molecule has 2 aromatic heterocycles. The third kappa shape index (κ3) is 5.44. The van der Waals surface area contributed by atoms with Gasteiger partial charge in [-0.2, -0.15) is 0 Å². The van der Waals surface area contributed by atoms with E-state index in [1.807, 2.05) is 28.1 Å². The Labute approximate surface area is 220 Å². The molecule has 0 spiro atoms. The fourth-order valence-electron chi connectivity index (χ4n) is 4.99. The van der Waals surface area contributed by atoms with E-state index in [1.54, 1.807) is 31.6 Å². The number of benzene rings is 1. The zero-order valence-corrected chi connectivity index (χ0v) is 22.1. The number of methoxy groups -OCH3 is 1. The molecular weight excluding hydrogens is 492 g/mol. The number of carbonyl (C=O) groups excluding carboxylic acids is 1. The molecule has 1 aromatic carbocycles. The van der Waals surface area contributed by atoms with Crippen LogP contribution in [-0.2, 0) is 15.9 Å². The van der Waals surface area contributed by atoms with Gasteiger partial charge in [0.15, 0.2) is 16.9 Å². The summed E-state index contributed by atoms with van der Waals surface area (Å²) < 4.78 is 24.5. The zero-order chi connectivity index (χ0) is 25.8. The van der Waals surface area contributed by atoms with Gasteiger partial charge in [0.05, 0.1) is 45.3 Å². The number of hydrogen-bond acceptors (Lipinski definition) is 8. The Morgan fingerprint density at radius 3 is 2.76 bits per heavy atom. The van der Waals surface area contributed by atoms with E-state index in [2.05, 4.69) is 11.0 Å². The number of fused-ring (bicyclic) bond motifs is 3. The van der Waals surface area contributed by atoms with Gasteiger partial charge in [0.25, 0.3) is 0 Å². The van der Waals surface area contributed by atoms with Crippen molar-refractivity contribution in [1.82, 2.24) is 9.47 Å². The topological polar surface area (TPSA) is 79.2 Å². The van der Waals surface area contributed by atoms with Crippen LogP contribution in [0.3, 0.4) is 0 Å². The first-order valence-electron chi connectivity index (χ1n) is 12.7. The normalized spacial score (nSPS) is 17.1. The van der Waals surface area contributed by atoms with E-state index >= 15 is 0 Å². The minimum Gasteiger partial charge on any atom is -0.493 e. The maximum absolute atomic E-state index is 13.0. The molecule has 2 aliphatic rings. The number of rotatable bonds is 9. The molecule has 1 saturated heterocycles. The minimum absolute atomic E-state index is 0.0443. The van der Waals surface area contributed by atoms with Gasteiger partial charge in [-0.1, -0.05) is 6.07 Å². The standard InChI is InChI=1S/C28H32N2O6S/c1-3-35-28(32)21-18-30-22(17-24(21)31)20-16-25(33-2)26(36-10-5-7-29-8-11-34-12-9-29)15-19(20)14-23(30)27-6-4-13-37-27/h4,6,13,15-18,23H,3,5,7-12,14H2,1-2H3. The van der Waals surface area contributed by atoms with Crippen LogP contribution in [0.5, 0.6) is 11.5 Å². The van der Waals surface area contributed by atoms with Gasteiger partial charge in [0.1, 0.15) is 5.56 Å². The Hall–Kier alpha value is -3.14. The summed E-state index contributed by atoms with van der Waals surface area (Å²) in [6, 6.07) is 9.55. The van der Waals surface area contributed by atoms with E-state index in [9.17, 15) is 9.59 Å². The monoisotopic (exact) mass is 524 g/mol. The first-order chi connectivity index (χ1) is 18.1. The molecule has 0 N–H and O–H groups in total. The van der Waals surface area contributed by atoms with Gasteiger partial charge >= 0.3 is 5.97 Å². The molecule has 1 atom stereocenters. The van der Waals surface area contributed by atoms with Crippen molar-refractivity contribution in [2.45, 2.75) is 25.8 Å². The summed E-state index contributed by atoms with van der Waals surface area (Å²) >= 11 is 1.65. The van der Waals surface area contributed by atoms with E-state index in [-0.39, 0.29) is 23.6 Å². The van der Waals surface area contributed by atoms with Crippen molar-refractivity contribution in [1.29, 1.82) is 0 Å². The number of aromatic nitrogens is 1. The molecule has 0 amide bonds. The largest absolute Gasteiger partial charge is 0.493 e. The smallest absolute Gasteiger partial charge is 0.343 e. The summed E-state index contributed by atoms with van der Waals surface area (Å²) in [4.78, 5) is 29.0. The highest BCUT2D eigenvalue weighted by Gasteiger charge is 2.29. The Morgan fingerprint density at radius 2 is 2.03 bits per heavy atom. The minimum atomic E-state index is -0.600. The summed E-state index contributed by atoms with van der Waals surface area (Å²) in [5.74, 6) is 0.720. The molecule has 0 bridgehead atoms. The van der Waals surface area contributed by atoms with E-state index in [0.717, 1.165) is 61.0 Å². The fraction of sp³-hybridized carbons (Fsp3) is 0.429. The maximum Gasteiger partial charge on any atom is 0.343 e. The van der Waals surface area contributed by atoms with Crippen LogP contribution in [0.25, 0.3) is 11.3 Å². The molecule has 37 heavy (non-hydrogen) atoms. The van der Waals surface area contributed by atoms with Crippen molar-refractivity contribution in [3.05, 3.63) is 68.1 Å². The lowest BCUT2D eigenvalue weighted by Crippen LogP contribution is -2.37. The number of thiophene rings is 1. The van der Waals surface area contributed by atoms with Gasteiger partial charge in [-0.25, -0.2) is 4.79 Å². The molecule has 1 fully saturated rings. The molecule has 196 valence electrons. The number of pyridine rings is 1. The number of nitrogens with zero attached hydrogens (tertiary/aromatic N) is 2. The van der Waals surface area contributed by atoms with Crippen LogP contribution in [0.2, 0.25) is 0 Å². The summed E-state index contributed by atoms with van der Waals surface area (Å²) in [5.41, 5.74) is 2.41. The molecule has 5 rings (SSSR count). The van der Waals surface area contributed by atoms with Crippen LogP contribution in [-0.4, -0.2) is 68.6 Å². The molecule has 8 nitrogen and oxygen atoms in total. The van der Waals surface area contributed by atoms with Crippen LogP contribution in [0.4, 0.5) is 0 Å². The van der Waals surface area contributed by atoms with Crippen LogP contribution >= 0.6 is 11.3 Å². The number of morpholine rings is 1. The van der Waals surface area contributed by atoms with Gasteiger partial charge in [-0.05, 0) is 48.9 Å². The molecule has 9 heteroatoms. The fourth-order valence-corrected chi connectivity index (χ4v) is 5.81. The highest BCUT2D eigenvalue weighted by Crippen LogP contribution is 2.43. The van der Waals surface area contributed by atoms with E-state index in [0.29, 0.717) is 24.5 Å². The molecule has 1 unspecified atom stereocenters. The van der Waals surface area contributed by atoms with E-state index < -0.39 is 5.97 Å². The average molecular weight is 525 g/mol. The quantitative estimate of drug-likeness (QED) is 0.309. The summed E-state index contributed by atoms with van der Waals surface area (Å²) in [6.45, 7) is 6.99. The third-order valence-corrected chi connectivity index (χ3v) is 7.81. The summed E-state index contributed by atoms with van der Waals surface area (Å²) in [5, 5.41) is 2.04. The molecule has 3 aromatic rings. The lowest BCUT2D eigenvalue weighted by Gasteiger charge is -2.31. The van der Waals surface area contributed by atoms with Crippen LogP contribution in [0, 0.1) is 0 Å². The third-order valence-electron chi connectivity index (χ3n) is 6.84. The number of carbonyl (C=O) groups is 1. The van der Waals surface area contributed by atoms with E-state index in [4.69, 9.17) is 18.9 Å². The Balaban J connectivity index is 1.46. The molecule has 0 aliphatic carbocycles. The number of esters is 1. The zero-order valence-electron chi connectivity index (χ0n) is 21.2. The van der Waals surface area contributed by atoms with Crippen molar-refractivity contribution in [3.63, 3.8) is 0 Å². The van der Waals surface area contributed by atoms with Crippen LogP contribution in [0.1, 0.15) is 40.2 Å². The number of ether oxygens (including phenoxy) is 4. The molecule has 0 radical (unpaired) electrons.